The molecular formula is C14H18F3N3O2. The molecule has 22 heavy (non-hydrogen) atoms. The van der Waals surface area contributed by atoms with E-state index in [0.717, 1.165) is 12.3 Å². The number of nitrogens with one attached hydrogen (secondary N) is 2. The van der Waals surface area contributed by atoms with Crippen molar-refractivity contribution in [2.24, 2.45) is 0 Å². The van der Waals surface area contributed by atoms with Crippen LogP contribution in [0, 0.1) is 0 Å². The minimum absolute atomic E-state index is 0.0873. The molecule has 0 saturated carbocycles. The second kappa shape index (κ2) is 5.36. The zero-order valence-corrected chi connectivity index (χ0v) is 12.3. The van der Waals surface area contributed by atoms with Crippen LogP contribution in [0.4, 0.5) is 19.0 Å². The first-order valence-corrected chi connectivity index (χ1v) is 7.11. The van der Waals surface area contributed by atoms with Gasteiger partial charge in [-0.2, -0.15) is 13.2 Å². The lowest BCUT2D eigenvalue weighted by Gasteiger charge is -2.32. The molecule has 3 heterocycles. The summed E-state index contributed by atoms with van der Waals surface area (Å²) in [5.74, 6) is -0.275. The van der Waals surface area contributed by atoms with E-state index in [1.54, 1.807) is 0 Å². The lowest BCUT2D eigenvalue weighted by molar-refractivity contribution is -0.145. The molecule has 0 unspecified atom stereocenters. The minimum atomic E-state index is -4.38. The van der Waals surface area contributed by atoms with Gasteiger partial charge in [-0.05, 0) is 26.0 Å². The molecule has 1 aromatic heterocycles. The lowest BCUT2D eigenvalue weighted by atomic mass is 10.0. The molecule has 0 radical (unpaired) electrons. The van der Waals surface area contributed by atoms with Crippen LogP contribution in [-0.4, -0.2) is 42.1 Å². The Morgan fingerprint density at radius 1 is 1.27 bits per heavy atom. The standard InChI is InChI=1S/C14H18F3N3O2/c1-13(2)21-10-7-18-6-9(12(10)22-13)20-11-4-3-8(5-19-11)14(15,16)17/h3-5,9-10,12,18H,6-7H2,1-2H3,(H,19,20)/t9-,10-,12+/m0/s1. The molecule has 2 saturated heterocycles. The number of ether oxygens (including phenoxy) is 2. The molecule has 0 aliphatic carbocycles. The van der Waals surface area contributed by atoms with Crippen molar-refractivity contribution in [2.45, 2.75) is 44.1 Å². The van der Waals surface area contributed by atoms with Crippen LogP contribution in [0.2, 0.25) is 0 Å². The monoisotopic (exact) mass is 317 g/mol. The Morgan fingerprint density at radius 3 is 2.68 bits per heavy atom. The third-order valence-electron chi connectivity index (χ3n) is 3.75. The second-order valence-electron chi connectivity index (χ2n) is 5.98. The number of hydrogen-bond acceptors (Lipinski definition) is 5. The molecule has 2 aliphatic rings. The van der Waals surface area contributed by atoms with Crippen LogP contribution in [0.15, 0.2) is 18.3 Å². The predicted molar refractivity (Wildman–Crippen MR) is 73.3 cm³/mol. The van der Waals surface area contributed by atoms with Gasteiger partial charge in [0.25, 0.3) is 0 Å². The van der Waals surface area contributed by atoms with Crippen molar-refractivity contribution in [3.05, 3.63) is 23.9 Å². The van der Waals surface area contributed by atoms with E-state index in [9.17, 15) is 13.2 Å². The molecule has 8 heteroatoms. The number of aromatic nitrogens is 1. The molecule has 3 rings (SSSR count). The first-order valence-electron chi connectivity index (χ1n) is 7.11. The van der Waals surface area contributed by atoms with Crippen LogP contribution in [0.3, 0.4) is 0 Å². The van der Waals surface area contributed by atoms with Gasteiger partial charge in [0, 0.05) is 19.3 Å². The number of fused-ring (bicyclic) bond motifs is 1. The van der Waals surface area contributed by atoms with E-state index in [4.69, 9.17) is 9.47 Å². The topological polar surface area (TPSA) is 55.4 Å². The predicted octanol–water partition coefficient (Wildman–Crippen LogP) is 2.00. The maximum Gasteiger partial charge on any atom is 0.417 e. The minimum Gasteiger partial charge on any atom is -0.363 e. The summed E-state index contributed by atoms with van der Waals surface area (Å²) in [6.45, 7) is 5.01. The molecular weight excluding hydrogens is 299 g/mol. The van der Waals surface area contributed by atoms with Crippen LogP contribution >= 0.6 is 0 Å². The highest BCUT2D eigenvalue weighted by atomic mass is 19.4. The Labute approximate surface area is 126 Å². The number of rotatable bonds is 2. The molecule has 0 amide bonds. The number of alkyl halides is 3. The first kappa shape index (κ1) is 15.5. The summed E-state index contributed by atoms with van der Waals surface area (Å²) in [5, 5.41) is 6.35. The smallest absolute Gasteiger partial charge is 0.363 e. The molecule has 0 aromatic carbocycles. The molecule has 2 aliphatic heterocycles. The summed E-state index contributed by atoms with van der Waals surface area (Å²) in [5.41, 5.74) is -0.765. The Morgan fingerprint density at radius 2 is 2.05 bits per heavy atom. The number of halogens is 3. The third-order valence-corrected chi connectivity index (χ3v) is 3.75. The molecule has 2 fully saturated rings. The Bertz CT molecular complexity index is 533. The molecule has 2 N–H and O–H groups in total. The Hall–Kier alpha value is -1.38. The largest absolute Gasteiger partial charge is 0.417 e. The zero-order chi connectivity index (χ0) is 16.0. The average molecular weight is 317 g/mol. The number of hydrogen-bond donors (Lipinski definition) is 2. The molecule has 0 bridgehead atoms. The fourth-order valence-corrected chi connectivity index (χ4v) is 2.83. The second-order valence-corrected chi connectivity index (χ2v) is 5.98. The van der Waals surface area contributed by atoms with Crippen LogP contribution in [0.1, 0.15) is 19.4 Å². The maximum absolute atomic E-state index is 12.5. The van der Waals surface area contributed by atoms with Gasteiger partial charge in [0.1, 0.15) is 18.0 Å². The molecule has 0 spiro atoms. The Kier molecular flexibility index (Phi) is 3.78. The van der Waals surface area contributed by atoms with Gasteiger partial charge in [-0.1, -0.05) is 0 Å². The van der Waals surface area contributed by atoms with Gasteiger partial charge >= 0.3 is 6.18 Å². The van der Waals surface area contributed by atoms with Crippen LogP contribution in [0.25, 0.3) is 0 Å². The highest BCUT2D eigenvalue weighted by molar-refractivity contribution is 5.38. The van der Waals surface area contributed by atoms with E-state index < -0.39 is 17.5 Å². The van der Waals surface area contributed by atoms with Crippen molar-refractivity contribution in [1.29, 1.82) is 0 Å². The molecule has 122 valence electrons. The van der Waals surface area contributed by atoms with Gasteiger partial charge in [0.2, 0.25) is 0 Å². The van der Waals surface area contributed by atoms with E-state index in [0.29, 0.717) is 18.9 Å². The number of nitrogens with zero attached hydrogens (tertiary/aromatic N) is 1. The fraction of sp³-hybridized carbons (Fsp3) is 0.643. The van der Waals surface area contributed by atoms with E-state index in [1.807, 2.05) is 13.8 Å². The van der Waals surface area contributed by atoms with Crippen LogP contribution < -0.4 is 10.6 Å². The van der Waals surface area contributed by atoms with Crippen LogP contribution in [-0.2, 0) is 15.7 Å². The van der Waals surface area contributed by atoms with E-state index in [2.05, 4.69) is 15.6 Å². The van der Waals surface area contributed by atoms with Gasteiger partial charge < -0.3 is 20.1 Å². The summed E-state index contributed by atoms with van der Waals surface area (Å²) < 4.78 is 49.3. The van der Waals surface area contributed by atoms with E-state index in [1.165, 1.54) is 6.07 Å². The van der Waals surface area contributed by atoms with E-state index >= 15 is 0 Å². The van der Waals surface area contributed by atoms with Crippen LogP contribution in [0.5, 0.6) is 0 Å². The van der Waals surface area contributed by atoms with Gasteiger partial charge in [0.15, 0.2) is 5.79 Å². The first-order chi connectivity index (χ1) is 10.2. The van der Waals surface area contributed by atoms with Crippen molar-refractivity contribution in [3.8, 4) is 0 Å². The summed E-state index contributed by atoms with van der Waals surface area (Å²) in [6, 6.07) is 2.22. The van der Waals surface area contributed by atoms with Crippen molar-refractivity contribution in [1.82, 2.24) is 10.3 Å². The molecule has 3 atom stereocenters. The highest BCUT2D eigenvalue weighted by Gasteiger charge is 2.47. The van der Waals surface area contributed by atoms with Gasteiger partial charge in [0.05, 0.1) is 11.6 Å². The highest BCUT2D eigenvalue weighted by Crippen LogP contribution is 2.33. The maximum atomic E-state index is 12.5. The summed E-state index contributed by atoms with van der Waals surface area (Å²) in [7, 11) is 0. The molecule has 1 aromatic rings. The summed E-state index contributed by atoms with van der Waals surface area (Å²) in [4.78, 5) is 3.83. The normalized spacial score (nSPS) is 30.9. The van der Waals surface area contributed by atoms with Crippen molar-refractivity contribution >= 4 is 5.82 Å². The Balaban J connectivity index is 1.70. The SMILES string of the molecule is CC1(C)O[C@@H]2[C@@H](Nc3ccc(C(F)(F)F)cn3)CNC[C@@H]2O1. The number of pyridine rings is 1. The average Bonchev–Trinajstić information content (AvgIpc) is 2.73. The zero-order valence-electron chi connectivity index (χ0n) is 12.3. The quantitative estimate of drug-likeness (QED) is 0.874. The van der Waals surface area contributed by atoms with Crippen molar-refractivity contribution < 1.29 is 22.6 Å². The van der Waals surface area contributed by atoms with Crippen molar-refractivity contribution in [2.75, 3.05) is 18.4 Å². The van der Waals surface area contributed by atoms with Gasteiger partial charge in [-0.3, -0.25) is 0 Å². The summed E-state index contributed by atoms with van der Waals surface area (Å²) in [6.07, 6.45) is -3.81. The van der Waals surface area contributed by atoms with Crippen molar-refractivity contribution in [3.63, 3.8) is 0 Å². The fourth-order valence-electron chi connectivity index (χ4n) is 2.83. The van der Waals surface area contributed by atoms with Gasteiger partial charge in [-0.25, -0.2) is 4.98 Å². The van der Waals surface area contributed by atoms with E-state index in [-0.39, 0.29) is 18.2 Å². The third kappa shape index (κ3) is 3.18. The number of anilines is 1. The lowest BCUT2D eigenvalue weighted by Crippen LogP contribution is -2.55. The molecule has 5 nitrogen and oxygen atoms in total. The number of piperidine rings is 1. The van der Waals surface area contributed by atoms with Gasteiger partial charge in [-0.15, -0.1) is 0 Å². The summed E-state index contributed by atoms with van der Waals surface area (Å²) >= 11 is 0.